The van der Waals surface area contributed by atoms with Gasteiger partial charge in [0.2, 0.25) is 0 Å². The number of amides is 1. The molecule has 0 unspecified atom stereocenters. The molecule has 1 N–H and O–H groups in total. The monoisotopic (exact) mass is 380 g/mol. The van der Waals surface area contributed by atoms with Crippen molar-refractivity contribution in [3.8, 4) is 5.69 Å². The maximum absolute atomic E-state index is 12.5. The number of rotatable bonds is 9. The molecule has 1 amide bonds. The van der Waals surface area contributed by atoms with Gasteiger partial charge in [-0.15, -0.1) is 0 Å². The molecule has 146 valence electrons. The molecule has 0 saturated carbocycles. The second-order valence-corrected chi connectivity index (χ2v) is 6.51. The van der Waals surface area contributed by atoms with Crippen LogP contribution in [0.5, 0.6) is 0 Å². The Morgan fingerprint density at radius 2 is 1.96 bits per heavy atom. The highest BCUT2D eigenvalue weighted by Gasteiger charge is 2.07. The molecule has 7 heteroatoms. The lowest BCUT2D eigenvalue weighted by atomic mass is 10.1. The van der Waals surface area contributed by atoms with E-state index in [-0.39, 0.29) is 12.0 Å². The summed E-state index contributed by atoms with van der Waals surface area (Å²) in [4.78, 5) is 16.4. The van der Waals surface area contributed by atoms with E-state index in [0.717, 1.165) is 16.9 Å². The average Bonchev–Trinajstić information content (AvgIpc) is 3.23. The highest BCUT2D eigenvalue weighted by molar-refractivity contribution is 6.04. The second kappa shape index (κ2) is 9.77. The van der Waals surface area contributed by atoms with Gasteiger partial charge in [-0.1, -0.05) is 12.1 Å². The molecule has 1 aromatic heterocycles. The number of nitrogens with zero attached hydrogens (tertiary/aromatic N) is 3. The van der Waals surface area contributed by atoms with Crippen LogP contribution in [0.15, 0.2) is 61.2 Å². The second-order valence-electron chi connectivity index (χ2n) is 6.51. The Labute approximate surface area is 164 Å². The van der Waals surface area contributed by atoms with Crippen LogP contribution in [0.4, 0.5) is 5.69 Å². The molecule has 1 heterocycles. The normalized spacial score (nSPS) is 11.0. The minimum atomic E-state index is -0.173. The summed E-state index contributed by atoms with van der Waals surface area (Å²) in [6, 6.07) is 14.8. The van der Waals surface area contributed by atoms with Crippen LogP contribution < -0.4 is 5.32 Å². The topological polar surface area (TPSA) is 78.3 Å². The lowest BCUT2D eigenvalue weighted by Gasteiger charge is -2.10. The van der Waals surface area contributed by atoms with Gasteiger partial charge < -0.3 is 14.8 Å². The first-order valence-corrected chi connectivity index (χ1v) is 9.16. The van der Waals surface area contributed by atoms with E-state index in [1.165, 1.54) is 6.33 Å². The molecule has 0 bridgehead atoms. The van der Waals surface area contributed by atoms with Crippen LogP contribution in [-0.2, 0) is 16.1 Å². The summed E-state index contributed by atoms with van der Waals surface area (Å²) in [6.07, 6.45) is 3.28. The maximum Gasteiger partial charge on any atom is 0.255 e. The number of ether oxygens (including phenoxy) is 2. The zero-order valence-corrected chi connectivity index (χ0v) is 16.0. The van der Waals surface area contributed by atoms with Crippen LogP contribution in [0.1, 0.15) is 29.8 Å². The molecule has 0 aliphatic heterocycles. The highest BCUT2D eigenvalue weighted by Crippen LogP contribution is 2.14. The van der Waals surface area contributed by atoms with E-state index in [1.54, 1.807) is 23.1 Å². The molecule has 0 radical (unpaired) electrons. The van der Waals surface area contributed by atoms with Gasteiger partial charge in [0.05, 0.1) is 31.6 Å². The van der Waals surface area contributed by atoms with E-state index < -0.39 is 0 Å². The molecule has 0 spiro atoms. The predicted molar refractivity (Wildman–Crippen MR) is 106 cm³/mol. The molecular weight excluding hydrogens is 356 g/mol. The zero-order valence-electron chi connectivity index (χ0n) is 16.0. The number of anilines is 1. The van der Waals surface area contributed by atoms with Gasteiger partial charge in [0, 0.05) is 11.3 Å². The average molecular weight is 380 g/mol. The van der Waals surface area contributed by atoms with Crippen LogP contribution in [0, 0.1) is 0 Å². The van der Waals surface area contributed by atoms with Crippen LogP contribution in [-0.4, -0.2) is 40.0 Å². The zero-order chi connectivity index (χ0) is 19.8. The third-order valence-corrected chi connectivity index (χ3v) is 3.95. The quantitative estimate of drug-likeness (QED) is 0.575. The van der Waals surface area contributed by atoms with Crippen molar-refractivity contribution < 1.29 is 14.3 Å². The molecule has 0 saturated heterocycles. The van der Waals surface area contributed by atoms with E-state index in [9.17, 15) is 4.79 Å². The molecule has 7 nitrogen and oxygen atoms in total. The fourth-order valence-corrected chi connectivity index (χ4v) is 2.58. The van der Waals surface area contributed by atoms with Crippen molar-refractivity contribution in [2.24, 2.45) is 0 Å². The number of hydrogen-bond acceptors (Lipinski definition) is 5. The Morgan fingerprint density at radius 1 is 1.14 bits per heavy atom. The molecule has 28 heavy (non-hydrogen) atoms. The fourth-order valence-electron chi connectivity index (χ4n) is 2.58. The molecule has 0 aliphatic carbocycles. The Kier molecular flexibility index (Phi) is 6.89. The first-order chi connectivity index (χ1) is 13.6. The summed E-state index contributed by atoms with van der Waals surface area (Å²) in [5, 5.41) is 6.98. The molecule has 2 aromatic carbocycles. The van der Waals surface area contributed by atoms with Crippen molar-refractivity contribution in [2.75, 3.05) is 18.5 Å². The Morgan fingerprint density at radius 3 is 2.68 bits per heavy atom. The van der Waals surface area contributed by atoms with E-state index >= 15 is 0 Å². The van der Waals surface area contributed by atoms with Crippen molar-refractivity contribution in [3.05, 3.63) is 72.3 Å². The van der Waals surface area contributed by atoms with Gasteiger partial charge in [-0.3, -0.25) is 4.79 Å². The van der Waals surface area contributed by atoms with Gasteiger partial charge >= 0.3 is 0 Å². The smallest absolute Gasteiger partial charge is 0.255 e. The molecule has 0 aliphatic rings. The van der Waals surface area contributed by atoms with Crippen LogP contribution in [0.3, 0.4) is 0 Å². The highest BCUT2D eigenvalue weighted by atomic mass is 16.5. The van der Waals surface area contributed by atoms with Crippen molar-refractivity contribution in [3.63, 3.8) is 0 Å². The Bertz CT molecular complexity index is 877. The van der Waals surface area contributed by atoms with Crippen LogP contribution >= 0.6 is 0 Å². The largest absolute Gasteiger partial charge is 0.376 e. The minimum absolute atomic E-state index is 0.173. The third kappa shape index (κ3) is 5.73. The Balaban J connectivity index is 1.54. The summed E-state index contributed by atoms with van der Waals surface area (Å²) in [5.41, 5.74) is 3.12. The lowest BCUT2D eigenvalue weighted by Crippen LogP contribution is -2.12. The summed E-state index contributed by atoms with van der Waals surface area (Å²) in [7, 11) is 0. The summed E-state index contributed by atoms with van der Waals surface area (Å²) in [6.45, 7) is 5.56. The number of aromatic nitrogens is 3. The first-order valence-electron chi connectivity index (χ1n) is 9.16. The lowest BCUT2D eigenvalue weighted by molar-refractivity contribution is 0.0143. The maximum atomic E-state index is 12.5. The molecule has 0 atom stereocenters. The van der Waals surface area contributed by atoms with E-state index in [1.807, 2.05) is 50.2 Å². The van der Waals surface area contributed by atoms with Gasteiger partial charge in [0.1, 0.15) is 12.7 Å². The van der Waals surface area contributed by atoms with Gasteiger partial charge in [0.15, 0.2) is 0 Å². The van der Waals surface area contributed by atoms with Crippen molar-refractivity contribution >= 4 is 11.6 Å². The molecular formula is C21H24N4O3. The van der Waals surface area contributed by atoms with Gasteiger partial charge in [-0.05, 0) is 55.8 Å². The number of benzene rings is 2. The Hall–Kier alpha value is -3.03. The van der Waals surface area contributed by atoms with Gasteiger partial charge in [-0.2, -0.15) is 5.10 Å². The molecule has 3 aromatic rings. The summed E-state index contributed by atoms with van der Waals surface area (Å²) < 4.78 is 12.7. The fraction of sp³-hybridized carbons (Fsp3) is 0.286. The van der Waals surface area contributed by atoms with Crippen molar-refractivity contribution in [2.45, 2.75) is 26.6 Å². The summed E-state index contributed by atoms with van der Waals surface area (Å²) >= 11 is 0. The van der Waals surface area contributed by atoms with Crippen LogP contribution in [0.25, 0.3) is 5.69 Å². The van der Waals surface area contributed by atoms with Gasteiger partial charge in [0.25, 0.3) is 5.91 Å². The third-order valence-electron chi connectivity index (χ3n) is 3.95. The molecule has 0 fully saturated rings. The SMILES string of the molecule is CC(C)OCCOCc1cccc(NC(=O)c2ccc(-n3cncn3)cc2)c1. The number of carbonyl (C=O) groups is 1. The number of nitrogens with one attached hydrogen (secondary N) is 1. The van der Waals surface area contributed by atoms with Crippen molar-refractivity contribution in [1.82, 2.24) is 14.8 Å². The van der Waals surface area contributed by atoms with E-state index in [2.05, 4.69) is 15.4 Å². The molecule has 3 rings (SSSR count). The summed E-state index contributed by atoms with van der Waals surface area (Å²) in [5.74, 6) is -0.173. The van der Waals surface area contributed by atoms with Gasteiger partial charge in [-0.25, -0.2) is 9.67 Å². The van der Waals surface area contributed by atoms with Crippen molar-refractivity contribution in [1.29, 1.82) is 0 Å². The van der Waals surface area contributed by atoms with E-state index in [4.69, 9.17) is 9.47 Å². The standard InChI is InChI=1S/C21H24N4O3/c1-16(2)28-11-10-27-13-17-4-3-5-19(12-17)24-21(26)18-6-8-20(9-7-18)25-15-22-14-23-25/h3-9,12,14-16H,10-11,13H2,1-2H3,(H,24,26). The predicted octanol–water partition coefficient (Wildman–Crippen LogP) is 3.46. The van der Waals surface area contributed by atoms with E-state index in [0.29, 0.717) is 25.4 Å². The minimum Gasteiger partial charge on any atom is -0.376 e. The number of carbonyl (C=O) groups excluding carboxylic acids is 1. The number of hydrogen-bond donors (Lipinski definition) is 1. The van der Waals surface area contributed by atoms with Crippen LogP contribution in [0.2, 0.25) is 0 Å². The first kappa shape index (κ1) is 19.7.